The zero-order valence-corrected chi connectivity index (χ0v) is 19.4. The first-order chi connectivity index (χ1) is 16.1. The lowest BCUT2D eigenvalue weighted by Crippen LogP contribution is -2.31. The van der Waals surface area contributed by atoms with Crippen LogP contribution in [-0.2, 0) is 4.79 Å². The van der Waals surface area contributed by atoms with Crippen molar-refractivity contribution in [1.29, 1.82) is 0 Å². The molecule has 3 heterocycles. The molecule has 166 valence electrons. The number of fused-ring (bicyclic) bond motifs is 1. The van der Waals surface area contributed by atoms with Crippen molar-refractivity contribution < 1.29 is 9.53 Å². The lowest BCUT2D eigenvalue weighted by Gasteiger charge is -2.29. The molecule has 0 saturated carbocycles. The molecule has 0 spiro atoms. The number of allylic oxidation sites excluding steroid dienone is 1. The Bertz CT molecular complexity index is 1360. The first-order valence-corrected chi connectivity index (χ1v) is 11.5. The minimum Gasteiger partial charge on any atom is -0.495 e. The minimum atomic E-state index is -0.564. The van der Waals surface area contributed by atoms with E-state index >= 15 is 0 Å². The van der Waals surface area contributed by atoms with Gasteiger partial charge in [-0.3, -0.25) is 4.79 Å². The molecule has 0 fully saturated rings. The van der Waals surface area contributed by atoms with Crippen LogP contribution in [0.4, 0.5) is 11.6 Å². The molecule has 5 rings (SSSR count). The molecule has 1 amide bonds. The molecule has 2 aromatic carbocycles. The second kappa shape index (κ2) is 8.73. The maximum absolute atomic E-state index is 13.6. The number of thiophene rings is 1. The number of aromatic nitrogens is 3. The van der Waals surface area contributed by atoms with Gasteiger partial charge in [0.1, 0.15) is 11.8 Å². The molecule has 33 heavy (non-hydrogen) atoms. The third-order valence-electron chi connectivity index (χ3n) is 5.39. The van der Waals surface area contributed by atoms with E-state index in [0.29, 0.717) is 39.5 Å². The summed E-state index contributed by atoms with van der Waals surface area (Å²) in [6.07, 6.45) is 0. The van der Waals surface area contributed by atoms with Gasteiger partial charge in [0.15, 0.2) is 5.82 Å². The van der Waals surface area contributed by atoms with Crippen molar-refractivity contribution in [3.63, 3.8) is 0 Å². The molecule has 1 aliphatic rings. The number of hydrogen-bond donors (Lipinski definition) is 2. The number of halogens is 1. The van der Waals surface area contributed by atoms with Gasteiger partial charge in [-0.25, -0.2) is 4.68 Å². The molecule has 2 aromatic heterocycles. The summed E-state index contributed by atoms with van der Waals surface area (Å²) < 4.78 is 7.12. The molecule has 1 atom stereocenters. The van der Waals surface area contributed by atoms with E-state index in [0.717, 1.165) is 10.4 Å². The van der Waals surface area contributed by atoms with E-state index in [9.17, 15) is 4.79 Å². The van der Waals surface area contributed by atoms with E-state index in [-0.39, 0.29) is 5.91 Å². The van der Waals surface area contributed by atoms with Crippen LogP contribution >= 0.6 is 22.9 Å². The van der Waals surface area contributed by atoms with Crippen molar-refractivity contribution in [1.82, 2.24) is 14.8 Å². The highest BCUT2D eigenvalue weighted by atomic mass is 35.5. The molecule has 0 saturated heterocycles. The van der Waals surface area contributed by atoms with Gasteiger partial charge in [-0.15, -0.1) is 16.4 Å². The van der Waals surface area contributed by atoms with Crippen LogP contribution in [0.3, 0.4) is 0 Å². The van der Waals surface area contributed by atoms with Gasteiger partial charge < -0.3 is 15.4 Å². The summed E-state index contributed by atoms with van der Waals surface area (Å²) >= 11 is 8.16. The Labute approximate surface area is 199 Å². The van der Waals surface area contributed by atoms with Gasteiger partial charge in [0.25, 0.3) is 5.91 Å². The number of nitrogens with one attached hydrogen (secondary N) is 2. The van der Waals surface area contributed by atoms with E-state index in [1.807, 2.05) is 54.8 Å². The third kappa shape index (κ3) is 3.88. The number of methoxy groups -OCH3 is 1. The fraction of sp³-hybridized carbons (Fsp3) is 0.125. The van der Waals surface area contributed by atoms with Crippen molar-refractivity contribution in [3.8, 4) is 16.5 Å². The Morgan fingerprint density at radius 2 is 1.94 bits per heavy atom. The van der Waals surface area contributed by atoms with Gasteiger partial charge in [0.05, 0.1) is 23.2 Å². The first kappa shape index (κ1) is 21.2. The topological polar surface area (TPSA) is 81.1 Å². The highest BCUT2D eigenvalue weighted by Crippen LogP contribution is 2.40. The van der Waals surface area contributed by atoms with E-state index < -0.39 is 6.04 Å². The van der Waals surface area contributed by atoms with Gasteiger partial charge in [-0.1, -0.05) is 48.0 Å². The van der Waals surface area contributed by atoms with E-state index in [1.165, 1.54) is 0 Å². The Hall–Kier alpha value is -3.62. The molecular formula is C24H20ClN5O2S. The summed E-state index contributed by atoms with van der Waals surface area (Å²) in [4.78, 5) is 19.2. The number of amides is 1. The maximum Gasteiger partial charge on any atom is 0.255 e. The molecule has 0 unspecified atom stereocenters. The van der Waals surface area contributed by atoms with Crippen molar-refractivity contribution in [2.75, 3.05) is 17.7 Å². The van der Waals surface area contributed by atoms with Crippen LogP contribution in [0.25, 0.3) is 10.7 Å². The number of anilines is 2. The molecular weight excluding hydrogens is 458 g/mol. The normalized spacial score (nSPS) is 15.1. The highest BCUT2D eigenvalue weighted by molar-refractivity contribution is 7.13. The largest absolute Gasteiger partial charge is 0.495 e. The fourth-order valence-electron chi connectivity index (χ4n) is 3.88. The number of nitrogens with zero attached hydrogens (tertiary/aromatic N) is 3. The van der Waals surface area contributed by atoms with Crippen molar-refractivity contribution >= 4 is 40.5 Å². The second-order valence-electron chi connectivity index (χ2n) is 7.42. The summed E-state index contributed by atoms with van der Waals surface area (Å²) in [6, 6.07) is 18.1. The summed E-state index contributed by atoms with van der Waals surface area (Å²) in [6.45, 7) is 1.85. The van der Waals surface area contributed by atoms with Crippen LogP contribution in [0.15, 0.2) is 77.3 Å². The average molecular weight is 478 g/mol. The summed E-state index contributed by atoms with van der Waals surface area (Å²) in [5, 5.41) is 13.5. The predicted octanol–water partition coefficient (Wildman–Crippen LogP) is 5.60. The number of carbonyl (C=O) groups is 1. The molecule has 2 N–H and O–H groups in total. The molecule has 4 aromatic rings. The van der Waals surface area contributed by atoms with Crippen LogP contribution in [0.1, 0.15) is 18.5 Å². The van der Waals surface area contributed by atoms with Gasteiger partial charge in [-0.2, -0.15) is 4.98 Å². The Morgan fingerprint density at radius 3 is 2.70 bits per heavy atom. The third-order valence-corrected chi connectivity index (χ3v) is 6.60. The Kier molecular flexibility index (Phi) is 5.62. The Morgan fingerprint density at radius 1 is 1.15 bits per heavy atom. The molecule has 0 radical (unpaired) electrons. The molecule has 7 nitrogen and oxygen atoms in total. The van der Waals surface area contributed by atoms with Crippen LogP contribution < -0.4 is 15.4 Å². The number of para-hydroxylation sites is 2. The molecule has 0 aliphatic carbocycles. The number of ether oxygens (including phenoxy) is 1. The molecule has 0 bridgehead atoms. The lowest BCUT2D eigenvalue weighted by atomic mass is 9.95. The van der Waals surface area contributed by atoms with Gasteiger partial charge in [0, 0.05) is 16.3 Å². The SMILES string of the molecule is COc1ccccc1NC(=O)C1=C(C)Nc2nc(-c3cccs3)nn2[C@H]1c1ccccc1Cl. The van der Waals surface area contributed by atoms with Crippen molar-refractivity contribution in [2.45, 2.75) is 13.0 Å². The summed E-state index contributed by atoms with van der Waals surface area (Å²) in [7, 11) is 1.57. The van der Waals surface area contributed by atoms with Crippen LogP contribution in [0, 0.1) is 0 Å². The van der Waals surface area contributed by atoms with Crippen molar-refractivity contribution in [2.24, 2.45) is 0 Å². The van der Waals surface area contributed by atoms with E-state index in [2.05, 4.69) is 15.6 Å². The second-order valence-corrected chi connectivity index (χ2v) is 8.78. The maximum atomic E-state index is 13.6. The minimum absolute atomic E-state index is 0.284. The van der Waals surface area contributed by atoms with Crippen LogP contribution in [0.2, 0.25) is 5.02 Å². The van der Waals surface area contributed by atoms with Crippen molar-refractivity contribution in [3.05, 3.63) is 87.9 Å². The number of carbonyl (C=O) groups excluding carboxylic acids is 1. The van der Waals surface area contributed by atoms with Gasteiger partial charge >= 0.3 is 0 Å². The number of benzene rings is 2. The van der Waals surface area contributed by atoms with Gasteiger partial charge in [0.2, 0.25) is 5.95 Å². The monoisotopic (exact) mass is 477 g/mol. The zero-order chi connectivity index (χ0) is 22.9. The molecule has 9 heteroatoms. The standard InChI is InChI=1S/C24H20ClN5O2S/c1-14-20(23(31)27-17-10-5-6-11-18(17)32-2)21(15-8-3-4-9-16(15)25)30-24(26-14)28-22(29-30)19-12-7-13-33-19/h3-13,21H,1-2H3,(H,27,31)(H,26,28,29)/t21-/m0/s1. The van der Waals surface area contributed by atoms with Gasteiger partial charge in [-0.05, 0) is 36.6 Å². The average Bonchev–Trinajstić information content (AvgIpc) is 3.49. The van der Waals surface area contributed by atoms with Crippen LogP contribution in [-0.4, -0.2) is 27.8 Å². The number of hydrogen-bond acceptors (Lipinski definition) is 6. The smallest absolute Gasteiger partial charge is 0.255 e. The number of rotatable bonds is 5. The molecule has 1 aliphatic heterocycles. The zero-order valence-electron chi connectivity index (χ0n) is 17.9. The highest BCUT2D eigenvalue weighted by Gasteiger charge is 2.35. The lowest BCUT2D eigenvalue weighted by molar-refractivity contribution is -0.113. The van der Waals surface area contributed by atoms with Crippen LogP contribution in [0.5, 0.6) is 5.75 Å². The Balaban J connectivity index is 1.62. The van der Waals surface area contributed by atoms with E-state index in [1.54, 1.807) is 41.3 Å². The fourth-order valence-corrected chi connectivity index (χ4v) is 4.77. The summed E-state index contributed by atoms with van der Waals surface area (Å²) in [5.41, 5.74) is 2.50. The predicted molar refractivity (Wildman–Crippen MR) is 131 cm³/mol. The van der Waals surface area contributed by atoms with E-state index in [4.69, 9.17) is 21.4 Å². The quantitative estimate of drug-likeness (QED) is 0.391. The summed E-state index contributed by atoms with van der Waals surface area (Å²) in [5.74, 6) is 1.43. The first-order valence-electron chi connectivity index (χ1n) is 10.2.